The Labute approximate surface area is 123 Å². The van der Waals surface area contributed by atoms with Crippen molar-refractivity contribution >= 4 is 15.7 Å². The molecule has 0 atom stereocenters. The molecule has 1 rings (SSSR count). The summed E-state index contributed by atoms with van der Waals surface area (Å²) < 4.78 is 35.6. The minimum atomic E-state index is -3.18. The van der Waals surface area contributed by atoms with Crippen molar-refractivity contribution in [1.82, 2.24) is 4.90 Å². The maximum Gasteiger partial charge on any atom is 0.254 e. The van der Waals surface area contributed by atoms with E-state index in [9.17, 15) is 17.6 Å². The first kappa shape index (κ1) is 17.1. The highest BCUT2D eigenvalue weighted by atomic mass is 32.2. The molecule has 0 aliphatic heterocycles. The average Bonchev–Trinajstić information content (AvgIpc) is 2.41. The van der Waals surface area contributed by atoms with Crippen molar-refractivity contribution < 1.29 is 17.6 Å². The number of hydrogen-bond donors (Lipinski definition) is 1. The number of nitrogens with zero attached hydrogens (tertiary/aromatic N) is 1. The molecule has 0 fully saturated rings. The van der Waals surface area contributed by atoms with Gasteiger partial charge in [-0.2, -0.15) is 0 Å². The van der Waals surface area contributed by atoms with Gasteiger partial charge in [0.05, 0.1) is 17.9 Å². The Morgan fingerprint density at radius 3 is 2.67 bits per heavy atom. The molecule has 0 radical (unpaired) electrons. The van der Waals surface area contributed by atoms with E-state index in [4.69, 9.17) is 5.73 Å². The number of benzene rings is 1. The van der Waals surface area contributed by atoms with Gasteiger partial charge in [0, 0.05) is 25.4 Å². The van der Waals surface area contributed by atoms with Crippen LogP contribution in [-0.2, 0) is 9.84 Å². The van der Waals surface area contributed by atoms with E-state index in [1.165, 1.54) is 24.1 Å². The Balaban J connectivity index is 3.02. The Kier molecular flexibility index (Phi) is 5.88. The molecule has 1 aromatic rings. The Morgan fingerprint density at radius 2 is 2.10 bits per heavy atom. The summed E-state index contributed by atoms with van der Waals surface area (Å²) in [4.78, 5) is 13.5. The molecule has 21 heavy (non-hydrogen) atoms. The normalized spacial score (nSPS) is 10.7. The van der Waals surface area contributed by atoms with Gasteiger partial charge in [-0.25, -0.2) is 12.8 Å². The number of carbonyl (C=O) groups is 1. The minimum Gasteiger partial charge on any atom is -0.341 e. The Hall–Kier alpha value is -1.91. The number of amides is 1. The van der Waals surface area contributed by atoms with E-state index in [0.717, 1.165) is 12.3 Å². The molecular weight excluding hydrogens is 295 g/mol. The first-order valence-electron chi connectivity index (χ1n) is 6.16. The maximum absolute atomic E-state index is 13.3. The van der Waals surface area contributed by atoms with Gasteiger partial charge in [0.2, 0.25) is 0 Å². The average molecular weight is 312 g/mol. The first-order chi connectivity index (χ1) is 9.74. The third kappa shape index (κ3) is 5.53. The van der Waals surface area contributed by atoms with Gasteiger partial charge in [-0.3, -0.25) is 4.79 Å². The van der Waals surface area contributed by atoms with Gasteiger partial charge < -0.3 is 10.6 Å². The molecule has 5 nitrogen and oxygen atoms in total. The summed E-state index contributed by atoms with van der Waals surface area (Å²) >= 11 is 0. The molecule has 0 aromatic heterocycles. The van der Waals surface area contributed by atoms with Crippen molar-refractivity contribution in [2.24, 2.45) is 5.73 Å². The van der Waals surface area contributed by atoms with Gasteiger partial charge in [0.15, 0.2) is 0 Å². The van der Waals surface area contributed by atoms with Crippen molar-refractivity contribution in [1.29, 1.82) is 0 Å². The summed E-state index contributed by atoms with van der Waals surface area (Å²) in [5.41, 5.74) is 5.73. The number of halogens is 1. The zero-order valence-corrected chi connectivity index (χ0v) is 12.7. The molecule has 7 heteroatoms. The highest BCUT2D eigenvalue weighted by Crippen LogP contribution is 2.13. The second-order valence-electron chi connectivity index (χ2n) is 4.55. The van der Waals surface area contributed by atoms with E-state index in [-0.39, 0.29) is 24.4 Å². The summed E-state index contributed by atoms with van der Waals surface area (Å²) in [7, 11) is -1.72. The summed E-state index contributed by atoms with van der Waals surface area (Å²) in [6, 6.07) is 3.68. The number of nitrogens with two attached hydrogens (primary N) is 1. The van der Waals surface area contributed by atoms with Gasteiger partial charge in [-0.15, -0.1) is 0 Å². The third-order valence-corrected chi connectivity index (χ3v) is 3.61. The zero-order chi connectivity index (χ0) is 16.0. The lowest BCUT2D eigenvalue weighted by atomic mass is 10.1. The van der Waals surface area contributed by atoms with E-state index in [2.05, 4.69) is 11.8 Å². The van der Waals surface area contributed by atoms with Crippen LogP contribution in [0.5, 0.6) is 0 Å². The third-order valence-electron chi connectivity index (χ3n) is 2.68. The largest absolute Gasteiger partial charge is 0.341 e. The molecule has 114 valence electrons. The minimum absolute atomic E-state index is 0.0257. The molecule has 0 aliphatic rings. The molecule has 0 heterocycles. The van der Waals surface area contributed by atoms with Crippen LogP contribution in [0.2, 0.25) is 0 Å². The van der Waals surface area contributed by atoms with Crippen LogP contribution in [0.15, 0.2) is 18.2 Å². The SMILES string of the molecule is CN(CCS(C)(=O)=O)C(=O)c1cc(F)ccc1C#CCN. The second kappa shape index (κ2) is 7.20. The monoisotopic (exact) mass is 312 g/mol. The summed E-state index contributed by atoms with van der Waals surface area (Å²) in [5, 5.41) is 0. The first-order valence-corrected chi connectivity index (χ1v) is 8.22. The van der Waals surface area contributed by atoms with Crippen molar-refractivity contribution in [2.45, 2.75) is 0 Å². The van der Waals surface area contributed by atoms with Gasteiger partial charge in [-0.05, 0) is 18.2 Å². The second-order valence-corrected chi connectivity index (χ2v) is 6.81. The van der Waals surface area contributed by atoms with E-state index < -0.39 is 21.6 Å². The lowest BCUT2D eigenvalue weighted by Gasteiger charge is -2.17. The molecule has 0 unspecified atom stereocenters. The summed E-state index contributed by atoms with van der Waals surface area (Å²) in [5.74, 6) is 4.10. The fourth-order valence-corrected chi connectivity index (χ4v) is 2.16. The molecule has 0 saturated heterocycles. The van der Waals surface area contributed by atoms with Gasteiger partial charge in [0.1, 0.15) is 15.7 Å². The van der Waals surface area contributed by atoms with Crippen LogP contribution in [-0.4, -0.2) is 51.4 Å². The Bertz CT molecular complexity index is 690. The topological polar surface area (TPSA) is 80.5 Å². The zero-order valence-electron chi connectivity index (χ0n) is 11.9. The van der Waals surface area contributed by atoms with Crippen LogP contribution >= 0.6 is 0 Å². The highest BCUT2D eigenvalue weighted by molar-refractivity contribution is 7.90. The molecule has 2 N–H and O–H groups in total. The van der Waals surface area contributed by atoms with Crippen molar-refractivity contribution in [3.05, 3.63) is 35.1 Å². The molecule has 1 amide bonds. The van der Waals surface area contributed by atoms with Crippen LogP contribution in [0.3, 0.4) is 0 Å². The summed E-state index contributed by atoms with van der Waals surface area (Å²) in [6.07, 6.45) is 1.09. The van der Waals surface area contributed by atoms with E-state index in [0.29, 0.717) is 5.56 Å². The predicted octanol–water partition coefficient (Wildman–Crippen LogP) is 0.252. The molecule has 1 aromatic carbocycles. The Morgan fingerprint density at radius 1 is 1.43 bits per heavy atom. The maximum atomic E-state index is 13.3. The van der Waals surface area contributed by atoms with Crippen LogP contribution in [0.25, 0.3) is 0 Å². The number of sulfone groups is 1. The van der Waals surface area contributed by atoms with Gasteiger partial charge >= 0.3 is 0 Å². The predicted molar refractivity (Wildman–Crippen MR) is 79.0 cm³/mol. The fourth-order valence-electron chi connectivity index (χ4n) is 1.56. The quantitative estimate of drug-likeness (QED) is 0.808. The highest BCUT2D eigenvalue weighted by Gasteiger charge is 2.17. The van der Waals surface area contributed by atoms with Crippen LogP contribution < -0.4 is 5.73 Å². The smallest absolute Gasteiger partial charge is 0.254 e. The van der Waals surface area contributed by atoms with Gasteiger partial charge in [-0.1, -0.05) is 11.8 Å². The lowest BCUT2D eigenvalue weighted by Crippen LogP contribution is -2.32. The molecule has 0 saturated carbocycles. The van der Waals surface area contributed by atoms with Crippen LogP contribution in [0.4, 0.5) is 4.39 Å². The lowest BCUT2D eigenvalue weighted by molar-refractivity contribution is 0.0802. The number of rotatable bonds is 4. The molecular formula is C14H17FN2O3S. The van der Waals surface area contributed by atoms with E-state index >= 15 is 0 Å². The van der Waals surface area contributed by atoms with Crippen molar-refractivity contribution in [3.63, 3.8) is 0 Å². The van der Waals surface area contributed by atoms with E-state index in [1.807, 2.05) is 0 Å². The molecule has 0 aliphatic carbocycles. The number of hydrogen-bond acceptors (Lipinski definition) is 4. The van der Waals surface area contributed by atoms with Gasteiger partial charge in [0.25, 0.3) is 5.91 Å². The molecule has 0 spiro atoms. The van der Waals surface area contributed by atoms with E-state index in [1.54, 1.807) is 0 Å². The number of carbonyl (C=O) groups excluding carboxylic acids is 1. The molecule has 0 bridgehead atoms. The van der Waals surface area contributed by atoms with Crippen LogP contribution in [0.1, 0.15) is 15.9 Å². The van der Waals surface area contributed by atoms with Crippen molar-refractivity contribution in [2.75, 3.05) is 32.1 Å². The summed E-state index contributed by atoms with van der Waals surface area (Å²) in [6.45, 7) is 0.146. The standard InChI is InChI=1S/C14H17FN2O3S/c1-17(8-9-21(2,19)20)14(18)13-10-12(15)6-5-11(13)4-3-7-16/h5-6,10H,7-9,16H2,1-2H3. The van der Waals surface area contributed by atoms with Crippen molar-refractivity contribution in [3.8, 4) is 11.8 Å². The van der Waals surface area contributed by atoms with Crippen LogP contribution in [0, 0.1) is 17.7 Å². The fraction of sp³-hybridized carbons (Fsp3) is 0.357.